The third kappa shape index (κ3) is 2.39. The fourth-order valence-corrected chi connectivity index (χ4v) is 6.93. The molecule has 1 spiro atoms. The zero-order valence-corrected chi connectivity index (χ0v) is 20.1. The predicted octanol–water partition coefficient (Wildman–Crippen LogP) is 9.16. The lowest BCUT2D eigenvalue weighted by atomic mass is 9.68. The number of aryl methyl sites for hydroxylation is 1. The largest absolute Gasteiger partial charge is 0.0731 e. The van der Waals surface area contributed by atoms with Gasteiger partial charge < -0.3 is 0 Å². The Morgan fingerprint density at radius 2 is 0.917 bits per heavy atom. The van der Waals surface area contributed by atoms with Crippen molar-refractivity contribution >= 4 is 10.8 Å². The normalized spacial score (nSPS) is 13.9. The molecule has 0 nitrogen and oxygen atoms in total. The first kappa shape index (κ1) is 19.8. The average molecular weight is 457 g/mol. The summed E-state index contributed by atoms with van der Waals surface area (Å²) in [5, 5.41) is 2.58. The van der Waals surface area contributed by atoms with Crippen molar-refractivity contribution in [2.75, 3.05) is 0 Å². The van der Waals surface area contributed by atoms with Crippen LogP contribution in [0.25, 0.3) is 44.2 Å². The molecule has 6 aromatic carbocycles. The van der Waals surface area contributed by atoms with Gasteiger partial charge in [0, 0.05) is 0 Å². The van der Waals surface area contributed by atoms with E-state index in [0.717, 1.165) is 0 Å². The molecule has 0 saturated heterocycles. The zero-order chi connectivity index (χ0) is 23.9. The number of hydrogen-bond acceptors (Lipinski definition) is 0. The van der Waals surface area contributed by atoms with E-state index in [1.807, 2.05) is 0 Å². The maximum Gasteiger partial charge on any atom is 0.0731 e. The van der Waals surface area contributed by atoms with Gasteiger partial charge >= 0.3 is 0 Å². The molecule has 6 aromatic rings. The minimum Gasteiger partial charge on any atom is -0.0619 e. The van der Waals surface area contributed by atoms with E-state index < -0.39 is 0 Å². The molecule has 2 aliphatic carbocycles. The van der Waals surface area contributed by atoms with Crippen LogP contribution >= 0.6 is 0 Å². The second-order valence-corrected chi connectivity index (χ2v) is 10.2. The highest BCUT2D eigenvalue weighted by Gasteiger charge is 2.52. The van der Waals surface area contributed by atoms with Crippen LogP contribution in [0.3, 0.4) is 0 Å². The van der Waals surface area contributed by atoms with Crippen LogP contribution in [-0.2, 0) is 5.41 Å². The molecule has 0 saturated carbocycles. The number of hydrogen-bond donors (Lipinski definition) is 0. The number of benzene rings is 6. The maximum atomic E-state index is 2.37. The highest BCUT2D eigenvalue weighted by atomic mass is 14.5. The molecule has 0 N–H and O–H groups in total. The van der Waals surface area contributed by atoms with Crippen LogP contribution < -0.4 is 0 Å². The summed E-state index contributed by atoms with van der Waals surface area (Å²) in [5.74, 6) is 0. The molecule has 0 bridgehead atoms. The molecule has 0 heteroatoms. The van der Waals surface area contributed by atoms with Crippen molar-refractivity contribution in [1.82, 2.24) is 0 Å². The Labute approximate surface area is 211 Å². The predicted molar refractivity (Wildman–Crippen MR) is 150 cm³/mol. The van der Waals surface area contributed by atoms with Crippen LogP contribution in [0.5, 0.6) is 0 Å². The molecule has 0 aromatic heterocycles. The molecule has 0 radical (unpaired) electrons. The van der Waals surface area contributed by atoms with Crippen molar-refractivity contribution in [2.45, 2.75) is 12.3 Å². The molecule has 36 heavy (non-hydrogen) atoms. The van der Waals surface area contributed by atoms with Crippen molar-refractivity contribution in [2.24, 2.45) is 0 Å². The molecule has 168 valence electrons. The summed E-state index contributed by atoms with van der Waals surface area (Å²) in [5.41, 5.74) is 14.5. The van der Waals surface area contributed by atoms with Crippen molar-refractivity contribution in [1.29, 1.82) is 0 Å². The first-order valence-electron chi connectivity index (χ1n) is 12.7. The second-order valence-electron chi connectivity index (χ2n) is 10.2. The summed E-state index contributed by atoms with van der Waals surface area (Å²) in [6.07, 6.45) is 0. The Bertz CT molecular complexity index is 1790. The Morgan fingerprint density at radius 3 is 1.58 bits per heavy atom. The van der Waals surface area contributed by atoms with Crippen LogP contribution in [0, 0.1) is 6.92 Å². The fraction of sp³-hybridized carbons (Fsp3) is 0.0556. The molecule has 2 aliphatic rings. The Morgan fingerprint density at radius 1 is 0.417 bits per heavy atom. The minimum atomic E-state index is -0.321. The maximum absolute atomic E-state index is 2.37. The van der Waals surface area contributed by atoms with Gasteiger partial charge in [0.2, 0.25) is 0 Å². The van der Waals surface area contributed by atoms with Crippen molar-refractivity contribution in [3.8, 4) is 33.4 Å². The van der Waals surface area contributed by atoms with Gasteiger partial charge in [0.15, 0.2) is 0 Å². The smallest absolute Gasteiger partial charge is 0.0619 e. The molecule has 0 aliphatic heterocycles. The third-order valence-corrected chi connectivity index (χ3v) is 8.32. The van der Waals surface area contributed by atoms with Gasteiger partial charge in [0.05, 0.1) is 5.41 Å². The van der Waals surface area contributed by atoms with Crippen molar-refractivity contribution < 1.29 is 0 Å². The van der Waals surface area contributed by atoms with E-state index in [1.54, 1.807) is 0 Å². The molecule has 0 heterocycles. The van der Waals surface area contributed by atoms with Gasteiger partial charge in [-0.1, -0.05) is 127 Å². The lowest BCUT2D eigenvalue weighted by Gasteiger charge is -2.32. The summed E-state index contributed by atoms with van der Waals surface area (Å²) in [6, 6.07) is 47.6. The van der Waals surface area contributed by atoms with Crippen molar-refractivity contribution in [3.63, 3.8) is 0 Å². The van der Waals surface area contributed by atoms with Gasteiger partial charge in [-0.2, -0.15) is 0 Å². The van der Waals surface area contributed by atoms with Crippen LogP contribution in [-0.4, -0.2) is 0 Å². The van der Waals surface area contributed by atoms with E-state index in [1.165, 1.54) is 72.0 Å². The van der Waals surface area contributed by atoms with E-state index in [2.05, 4.69) is 134 Å². The number of rotatable bonds is 1. The summed E-state index contributed by atoms with van der Waals surface area (Å²) in [6.45, 7) is 2.16. The molecule has 0 atom stereocenters. The number of fused-ring (bicyclic) bond motifs is 11. The van der Waals surface area contributed by atoms with Gasteiger partial charge in [0.1, 0.15) is 0 Å². The summed E-state index contributed by atoms with van der Waals surface area (Å²) in [4.78, 5) is 0. The molecule has 0 fully saturated rings. The third-order valence-electron chi connectivity index (χ3n) is 8.32. The zero-order valence-electron chi connectivity index (χ0n) is 20.1. The topological polar surface area (TPSA) is 0 Å². The van der Waals surface area contributed by atoms with Crippen LogP contribution in [0.15, 0.2) is 127 Å². The van der Waals surface area contributed by atoms with Crippen LogP contribution in [0.2, 0.25) is 0 Å². The second kappa shape index (κ2) is 7.06. The van der Waals surface area contributed by atoms with Gasteiger partial charge in [-0.3, -0.25) is 0 Å². The fourth-order valence-electron chi connectivity index (χ4n) is 6.93. The van der Waals surface area contributed by atoms with E-state index in [9.17, 15) is 0 Å². The van der Waals surface area contributed by atoms with Gasteiger partial charge in [-0.05, 0) is 79.4 Å². The first-order valence-corrected chi connectivity index (χ1v) is 12.7. The minimum absolute atomic E-state index is 0.321. The summed E-state index contributed by atoms with van der Waals surface area (Å²) in [7, 11) is 0. The van der Waals surface area contributed by atoms with E-state index in [4.69, 9.17) is 0 Å². The van der Waals surface area contributed by atoms with Crippen LogP contribution in [0.1, 0.15) is 27.8 Å². The monoisotopic (exact) mass is 456 g/mol. The lowest BCUT2D eigenvalue weighted by Crippen LogP contribution is -2.26. The van der Waals surface area contributed by atoms with Gasteiger partial charge in [-0.25, -0.2) is 0 Å². The lowest BCUT2D eigenvalue weighted by molar-refractivity contribution is 0.796. The molecular formula is C36H24. The Balaban J connectivity index is 1.53. The molecule has 0 unspecified atom stereocenters. The van der Waals surface area contributed by atoms with E-state index in [0.29, 0.717) is 0 Å². The van der Waals surface area contributed by atoms with E-state index in [-0.39, 0.29) is 5.41 Å². The molecule has 0 amide bonds. The van der Waals surface area contributed by atoms with Gasteiger partial charge in [-0.15, -0.1) is 0 Å². The van der Waals surface area contributed by atoms with E-state index >= 15 is 0 Å². The first-order chi connectivity index (χ1) is 17.8. The Kier molecular flexibility index (Phi) is 3.89. The Hall–Kier alpha value is -4.42. The van der Waals surface area contributed by atoms with Gasteiger partial charge in [0.25, 0.3) is 0 Å². The van der Waals surface area contributed by atoms with Crippen LogP contribution in [0.4, 0.5) is 0 Å². The SMILES string of the molecule is Cc1ccc2cc(-c3cccc4c3C3(c5ccccc5-c5ccccc53)c3ccccc3-4)ccc2c1. The molecular weight excluding hydrogens is 432 g/mol. The van der Waals surface area contributed by atoms with Crippen molar-refractivity contribution in [3.05, 3.63) is 155 Å². The molecule has 8 rings (SSSR count). The highest BCUT2D eigenvalue weighted by Crippen LogP contribution is 2.64. The summed E-state index contributed by atoms with van der Waals surface area (Å²) >= 11 is 0. The quantitative estimate of drug-likeness (QED) is 0.231. The summed E-state index contributed by atoms with van der Waals surface area (Å²) < 4.78 is 0. The standard InChI is InChI=1S/C36H24/c1-23-17-18-25-22-26(20-19-24(25)21-23)27-12-8-13-31-30-11-4-7-16-34(30)36(35(27)31)32-14-5-2-9-28(32)29-10-3-6-15-33(29)36/h2-22H,1H3. The highest BCUT2D eigenvalue weighted by molar-refractivity contribution is 5.99. The average Bonchev–Trinajstić information content (AvgIpc) is 3.40.